The number of amides is 1. The molecule has 1 amide bonds. The number of nitrogens with two attached hydrogens (primary N) is 1. The van der Waals surface area contributed by atoms with Gasteiger partial charge in [-0.1, -0.05) is 0 Å². The van der Waals surface area contributed by atoms with E-state index in [2.05, 4.69) is 15.1 Å². The van der Waals surface area contributed by atoms with Crippen LogP contribution in [0.25, 0.3) is 0 Å². The van der Waals surface area contributed by atoms with Crippen molar-refractivity contribution in [3.8, 4) is 0 Å². The van der Waals surface area contributed by atoms with Crippen LogP contribution >= 0.6 is 0 Å². The number of rotatable bonds is 4. The number of primary amides is 1. The molecule has 0 radical (unpaired) electrons. The largest absolute Gasteiger partial charge is 0.365 e. The van der Waals surface area contributed by atoms with Gasteiger partial charge in [-0.05, 0) is 25.9 Å². The van der Waals surface area contributed by atoms with E-state index in [0.717, 1.165) is 18.7 Å². The Morgan fingerprint density at radius 2 is 2.27 bits per heavy atom. The Morgan fingerprint density at radius 1 is 1.53 bits per heavy atom. The number of likely N-dealkylation sites (tertiary alicyclic amines) is 1. The fraction of sp³-hybridized carbons (Fsp3) is 0.600. The van der Waals surface area contributed by atoms with Crippen LogP contribution < -0.4 is 5.73 Å². The van der Waals surface area contributed by atoms with Gasteiger partial charge in [0.25, 0.3) is 5.91 Å². The van der Waals surface area contributed by atoms with Gasteiger partial charge in [-0.3, -0.25) is 9.89 Å². The molecule has 0 aromatic carbocycles. The van der Waals surface area contributed by atoms with Gasteiger partial charge in [0.2, 0.25) is 0 Å². The first-order chi connectivity index (χ1) is 7.27. The van der Waals surface area contributed by atoms with E-state index in [-0.39, 0.29) is 0 Å². The average Bonchev–Trinajstić information content (AvgIpc) is 2.86. The van der Waals surface area contributed by atoms with Crippen molar-refractivity contribution in [3.05, 3.63) is 17.5 Å². The SMILES string of the molecule is NC(=O)c1cn[nH]c1CCN1CCCC1. The molecule has 0 spiro atoms. The number of hydrogen-bond donors (Lipinski definition) is 2. The maximum Gasteiger partial charge on any atom is 0.252 e. The Kier molecular flexibility index (Phi) is 3.01. The van der Waals surface area contributed by atoms with Crippen LogP contribution in [0.1, 0.15) is 28.9 Å². The molecular formula is C10H16N4O. The van der Waals surface area contributed by atoms with Crippen molar-refractivity contribution < 1.29 is 4.79 Å². The lowest BCUT2D eigenvalue weighted by Crippen LogP contribution is -2.23. The number of H-pyrrole nitrogens is 1. The molecule has 1 aliphatic heterocycles. The zero-order valence-electron chi connectivity index (χ0n) is 8.70. The molecule has 0 atom stereocenters. The fourth-order valence-electron chi connectivity index (χ4n) is 1.99. The fourth-order valence-corrected chi connectivity index (χ4v) is 1.99. The van der Waals surface area contributed by atoms with Crippen LogP contribution in [0.4, 0.5) is 0 Å². The van der Waals surface area contributed by atoms with E-state index in [1.165, 1.54) is 32.1 Å². The summed E-state index contributed by atoms with van der Waals surface area (Å²) in [5.74, 6) is -0.403. The van der Waals surface area contributed by atoms with Gasteiger partial charge in [0.1, 0.15) is 0 Å². The molecule has 3 N–H and O–H groups in total. The molecule has 1 aliphatic rings. The van der Waals surface area contributed by atoms with Crippen LogP contribution in [0, 0.1) is 0 Å². The quantitative estimate of drug-likeness (QED) is 0.739. The second-order valence-electron chi connectivity index (χ2n) is 3.93. The van der Waals surface area contributed by atoms with Gasteiger partial charge < -0.3 is 10.6 Å². The van der Waals surface area contributed by atoms with Crippen molar-refractivity contribution in [3.63, 3.8) is 0 Å². The van der Waals surface area contributed by atoms with Crippen molar-refractivity contribution in [2.24, 2.45) is 5.73 Å². The van der Waals surface area contributed by atoms with Gasteiger partial charge in [-0.15, -0.1) is 0 Å². The Morgan fingerprint density at radius 3 is 2.93 bits per heavy atom. The molecule has 0 unspecified atom stereocenters. The van der Waals surface area contributed by atoms with Crippen LogP contribution in [0.2, 0.25) is 0 Å². The van der Waals surface area contributed by atoms with Crippen LogP contribution in [0.3, 0.4) is 0 Å². The van der Waals surface area contributed by atoms with Gasteiger partial charge in [0.15, 0.2) is 0 Å². The first-order valence-electron chi connectivity index (χ1n) is 5.32. The van der Waals surface area contributed by atoms with Crippen LogP contribution in [0.5, 0.6) is 0 Å². The number of aromatic nitrogens is 2. The summed E-state index contributed by atoms with van der Waals surface area (Å²) in [5.41, 5.74) is 6.61. The van der Waals surface area contributed by atoms with E-state index in [4.69, 9.17) is 5.73 Å². The molecule has 1 aromatic rings. The lowest BCUT2D eigenvalue weighted by atomic mass is 10.2. The maximum atomic E-state index is 11.0. The lowest BCUT2D eigenvalue weighted by Gasteiger charge is -2.13. The second kappa shape index (κ2) is 4.44. The molecule has 2 rings (SSSR count). The van der Waals surface area contributed by atoms with Gasteiger partial charge in [0.05, 0.1) is 11.8 Å². The zero-order valence-corrected chi connectivity index (χ0v) is 8.70. The third-order valence-corrected chi connectivity index (χ3v) is 2.86. The molecule has 82 valence electrons. The van der Waals surface area contributed by atoms with E-state index in [1.54, 1.807) is 0 Å². The van der Waals surface area contributed by atoms with Crippen LogP contribution in [-0.4, -0.2) is 40.6 Å². The highest BCUT2D eigenvalue weighted by Gasteiger charge is 2.14. The van der Waals surface area contributed by atoms with Crippen molar-refractivity contribution >= 4 is 5.91 Å². The monoisotopic (exact) mass is 208 g/mol. The zero-order chi connectivity index (χ0) is 10.7. The Hall–Kier alpha value is -1.36. The second-order valence-corrected chi connectivity index (χ2v) is 3.93. The normalized spacial score (nSPS) is 17.1. The number of nitrogens with zero attached hydrogens (tertiary/aromatic N) is 2. The summed E-state index contributed by atoms with van der Waals surface area (Å²) >= 11 is 0. The third-order valence-electron chi connectivity index (χ3n) is 2.86. The van der Waals surface area contributed by atoms with Gasteiger partial charge in [0, 0.05) is 18.7 Å². The lowest BCUT2D eigenvalue weighted by molar-refractivity contribution is 0.0999. The van der Waals surface area contributed by atoms with Crippen molar-refractivity contribution in [1.29, 1.82) is 0 Å². The van der Waals surface area contributed by atoms with Gasteiger partial charge in [-0.2, -0.15) is 5.10 Å². The predicted octanol–water partition coefficient (Wildman–Crippen LogP) is 0.147. The number of carbonyl (C=O) groups is 1. The summed E-state index contributed by atoms with van der Waals surface area (Å²) in [5, 5.41) is 6.68. The Bertz CT molecular complexity index is 341. The third kappa shape index (κ3) is 2.36. The summed E-state index contributed by atoms with van der Waals surface area (Å²) in [6, 6.07) is 0. The number of hydrogen-bond acceptors (Lipinski definition) is 3. The van der Waals surface area contributed by atoms with E-state index < -0.39 is 5.91 Å². The molecule has 5 nitrogen and oxygen atoms in total. The first-order valence-corrected chi connectivity index (χ1v) is 5.32. The minimum atomic E-state index is -0.403. The molecule has 15 heavy (non-hydrogen) atoms. The Balaban J connectivity index is 1.92. The van der Waals surface area contributed by atoms with Gasteiger partial charge >= 0.3 is 0 Å². The van der Waals surface area contributed by atoms with Gasteiger partial charge in [-0.25, -0.2) is 0 Å². The Labute approximate surface area is 88.6 Å². The summed E-state index contributed by atoms with van der Waals surface area (Å²) in [4.78, 5) is 13.4. The molecule has 1 fully saturated rings. The molecule has 5 heteroatoms. The molecule has 0 saturated carbocycles. The highest BCUT2D eigenvalue weighted by atomic mass is 16.1. The summed E-state index contributed by atoms with van der Waals surface area (Å²) < 4.78 is 0. The number of nitrogens with one attached hydrogen (secondary N) is 1. The smallest absolute Gasteiger partial charge is 0.252 e. The van der Waals surface area contributed by atoms with Crippen LogP contribution in [0.15, 0.2) is 6.20 Å². The summed E-state index contributed by atoms with van der Waals surface area (Å²) in [7, 11) is 0. The first kappa shape index (κ1) is 10.2. The number of carbonyl (C=O) groups excluding carboxylic acids is 1. The minimum Gasteiger partial charge on any atom is -0.365 e. The molecule has 1 aromatic heterocycles. The van der Waals surface area contributed by atoms with Crippen molar-refractivity contribution in [1.82, 2.24) is 15.1 Å². The summed E-state index contributed by atoms with van der Waals surface area (Å²) in [6.45, 7) is 3.31. The van der Waals surface area contributed by atoms with E-state index >= 15 is 0 Å². The van der Waals surface area contributed by atoms with E-state index in [9.17, 15) is 4.79 Å². The maximum absolute atomic E-state index is 11.0. The standard InChI is InChI=1S/C10H16N4O/c11-10(15)8-7-12-13-9(8)3-6-14-4-1-2-5-14/h7H,1-6H2,(H2,11,15)(H,12,13). The highest BCUT2D eigenvalue weighted by molar-refractivity contribution is 5.93. The average molecular weight is 208 g/mol. The molecular weight excluding hydrogens is 192 g/mol. The highest BCUT2D eigenvalue weighted by Crippen LogP contribution is 2.10. The molecule has 0 aliphatic carbocycles. The molecule has 1 saturated heterocycles. The van der Waals surface area contributed by atoms with Crippen molar-refractivity contribution in [2.45, 2.75) is 19.3 Å². The molecule has 0 bridgehead atoms. The molecule has 2 heterocycles. The minimum absolute atomic E-state index is 0.403. The predicted molar refractivity (Wildman–Crippen MR) is 56.5 cm³/mol. The van der Waals surface area contributed by atoms with Crippen molar-refractivity contribution in [2.75, 3.05) is 19.6 Å². The van der Waals surface area contributed by atoms with E-state index in [0.29, 0.717) is 5.56 Å². The summed E-state index contributed by atoms with van der Waals surface area (Å²) in [6.07, 6.45) is 4.89. The van der Waals surface area contributed by atoms with Crippen LogP contribution in [-0.2, 0) is 6.42 Å². The number of aromatic amines is 1. The topological polar surface area (TPSA) is 75.0 Å². The van der Waals surface area contributed by atoms with E-state index in [1.807, 2.05) is 0 Å².